The van der Waals surface area contributed by atoms with Crippen LogP contribution in [0.2, 0.25) is 0 Å². The summed E-state index contributed by atoms with van der Waals surface area (Å²) in [5.74, 6) is 0.302. The van der Waals surface area contributed by atoms with Crippen LogP contribution in [0.5, 0.6) is 0 Å². The second-order valence-electron chi connectivity index (χ2n) is 6.70. The highest BCUT2D eigenvalue weighted by Gasteiger charge is 2.24. The van der Waals surface area contributed by atoms with Crippen molar-refractivity contribution in [2.24, 2.45) is 0 Å². The number of benzene rings is 1. The molecule has 2 aromatic heterocycles. The number of amides is 1. The number of nitrogens with one attached hydrogen (secondary N) is 1. The molecule has 0 spiro atoms. The molecule has 1 amide bonds. The molecule has 1 aliphatic rings. The van der Waals surface area contributed by atoms with E-state index in [1.807, 2.05) is 0 Å². The molecular weight excluding hydrogens is 371 g/mol. The van der Waals surface area contributed by atoms with Crippen molar-refractivity contribution in [2.75, 3.05) is 36.4 Å². The van der Waals surface area contributed by atoms with Gasteiger partial charge in [-0.15, -0.1) is 0 Å². The molecule has 8 heteroatoms. The van der Waals surface area contributed by atoms with E-state index >= 15 is 0 Å². The van der Waals surface area contributed by atoms with Crippen LogP contribution in [0, 0.1) is 5.82 Å². The van der Waals surface area contributed by atoms with E-state index in [0.29, 0.717) is 49.9 Å². The van der Waals surface area contributed by atoms with Crippen LogP contribution < -0.4 is 10.2 Å². The number of carbonyl (C=O) groups excluding carboxylic acids is 1. The zero-order valence-corrected chi connectivity index (χ0v) is 15.8. The zero-order chi connectivity index (χ0) is 20.1. The van der Waals surface area contributed by atoms with E-state index in [2.05, 4.69) is 25.2 Å². The summed E-state index contributed by atoms with van der Waals surface area (Å²) in [4.78, 5) is 29.4. The third-order valence-corrected chi connectivity index (χ3v) is 4.82. The maximum atomic E-state index is 13.8. The van der Waals surface area contributed by atoms with Crippen LogP contribution in [0.1, 0.15) is 16.1 Å². The molecule has 1 N–H and O–H groups in total. The molecule has 0 unspecified atom stereocenters. The van der Waals surface area contributed by atoms with Crippen molar-refractivity contribution in [1.82, 2.24) is 19.9 Å². The minimum atomic E-state index is -0.259. The number of aromatic nitrogens is 3. The van der Waals surface area contributed by atoms with Crippen molar-refractivity contribution in [2.45, 2.75) is 6.54 Å². The number of rotatable bonds is 5. The predicted octanol–water partition coefficient (Wildman–Crippen LogP) is 2.59. The summed E-state index contributed by atoms with van der Waals surface area (Å²) in [6, 6.07) is 11.9. The van der Waals surface area contributed by atoms with Crippen molar-refractivity contribution in [1.29, 1.82) is 0 Å². The lowest BCUT2D eigenvalue weighted by Gasteiger charge is -2.34. The number of nitrogens with zero attached hydrogens (tertiary/aromatic N) is 5. The van der Waals surface area contributed by atoms with E-state index in [-0.39, 0.29) is 11.7 Å². The summed E-state index contributed by atoms with van der Waals surface area (Å²) in [7, 11) is 0. The fourth-order valence-corrected chi connectivity index (χ4v) is 3.22. The Morgan fingerprint density at radius 3 is 2.48 bits per heavy atom. The average molecular weight is 392 g/mol. The van der Waals surface area contributed by atoms with Gasteiger partial charge in [-0.25, -0.2) is 14.4 Å². The van der Waals surface area contributed by atoms with E-state index in [1.54, 1.807) is 59.9 Å². The quantitative estimate of drug-likeness (QED) is 0.720. The fourth-order valence-electron chi connectivity index (χ4n) is 3.22. The van der Waals surface area contributed by atoms with Gasteiger partial charge in [0.05, 0.1) is 0 Å². The van der Waals surface area contributed by atoms with Gasteiger partial charge in [0.15, 0.2) is 0 Å². The maximum Gasteiger partial charge on any atom is 0.272 e. The van der Waals surface area contributed by atoms with Crippen molar-refractivity contribution in [3.8, 4) is 0 Å². The Morgan fingerprint density at radius 1 is 0.966 bits per heavy atom. The number of anilines is 2. The second-order valence-corrected chi connectivity index (χ2v) is 6.70. The Morgan fingerprint density at radius 2 is 1.72 bits per heavy atom. The normalized spacial score (nSPS) is 14.0. The fraction of sp³-hybridized carbons (Fsp3) is 0.238. The monoisotopic (exact) mass is 392 g/mol. The molecule has 3 aromatic rings. The van der Waals surface area contributed by atoms with Crippen LogP contribution in [0.15, 0.2) is 61.1 Å². The summed E-state index contributed by atoms with van der Waals surface area (Å²) in [5, 5.41) is 3.15. The van der Waals surface area contributed by atoms with Gasteiger partial charge in [-0.05, 0) is 24.3 Å². The first-order valence-electron chi connectivity index (χ1n) is 9.45. The van der Waals surface area contributed by atoms with Crippen LogP contribution in [-0.2, 0) is 6.54 Å². The number of hydrogen-bond donors (Lipinski definition) is 1. The van der Waals surface area contributed by atoms with Crippen LogP contribution >= 0.6 is 0 Å². The van der Waals surface area contributed by atoms with E-state index in [0.717, 1.165) is 5.69 Å². The van der Waals surface area contributed by atoms with E-state index < -0.39 is 0 Å². The van der Waals surface area contributed by atoms with Gasteiger partial charge in [-0.1, -0.05) is 18.2 Å². The third-order valence-electron chi connectivity index (χ3n) is 4.82. The Kier molecular flexibility index (Phi) is 5.60. The van der Waals surface area contributed by atoms with Crippen molar-refractivity contribution < 1.29 is 9.18 Å². The van der Waals surface area contributed by atoms with Gasteiger partial charge in [0.2, 0.25) is 5.95 Å². The number of piperazine rings is 1. The van der Waals surface area contributed by atoms with Gasteiger partial charge < -0.3 is 15.1 Å². The van der Waals surface area contributed by atoms with Crippen LogP contribution in [0.25, 0.3) is 0 Å². The first-order chi connectivity index (χ1) is 14.2. The lowest BCUT2D eigenvalue weighted by molar-refractivity contribution is 0.0740. The highest BCUT2D eigenvalue weighted by molar-refractivity contribution is 5.93. The molecule has 1 aromatic carbocycles. The summed E-state index contributed by atoms with van der Waals surface area (Å²) < 4.78 is 13.8. The van der Waals surface area contributed by atoms with Crippen LogP contribution in [0.4, 0.5) is 16.0 Å². The van der Waals surface area contributed by atoms with Gasteiger partial charge in [0, 0.05) is 62.6 Å². The SMILES string of the molecule is O=C(c1cc(NCc2ccccc2F)ccn1)N1CCN(c2ncccn2)CC1. The Hall–Kier alpha value is -3.55. The summed E-state index contributed by atoms with van der Waals surface area (Å²) >= 11 is 0. The molecule has 7 nitrogen and oxygen atoms in total. The van der Waals surface area contributed by atoms with Gasteiger partial charge in [0.25, 0.3) is 5.91 Å². The number of hydrogen-bond acceptors (Lipinski definition) is 6. The van der Waals surface area contributed by atoms with E-state index in [1.165, 1.54) is 6.07 Å². The molecule has 0 radical (unpaired) electrons. The molecule has 29 heavy (non-hydrogen) atoms. The summed E-state index contributed by atoms with van der Waals surface area (Å²) in [6.07, 6.45) is 5.01. The topological polar surface area (TPSA) is 74.2 Å². The third kappa shape index (κ3) is 4.48. The number of halogens is 1. The largest absolute Gasteiger partial charge is 0.381 e. The molecule has 1 fully saturated rings. The van der Waals surface area contributed by atoms with Gasteiger partial charge >= 0.3 is 0 Å². The molecule has 0 saturated carbocycles. The van der Waals surface area contributed by atoms with Crippen LogP contribution in [0.3, 0.4) is 0 Å². The van der Waals surface area contributed by atoms with Gasteiger partial charge in [-0.2, -0.15) is 0 Å². The molecule has 0 bridgehead atoms. The Balaban J connectivity index is 1.37. The summed E-state index contributed by atoms with van der Waals surface area (Å²) in [5.41, 5.74) is 1.66. The van der Waals surface area contributed by atoms with Gasteiger partial charge in [0.1, 0.15) is 11.5 Å². The zero-order valence-electron chi connectivity index (χ0n) is 15.8. The second kappa shape index (κ2) is 8.64. The molecule has 0 atom stereocenters. The number of pyridine rings is 1. The lowest BCUT2D eigenvalue weighted by atomic mass is 10.2. The van der Waals surface area contributed by atoms with Crippen molar-refractivity contribution in [3.63, 3.8) is 0 Å². The maximum absolute atomic E-state index is 13.8. The van der Waals surface area contributed by atoms with Gasteiger partial charge in [-0.3, -0.25) is 9.78 Å². The number of carbonyl (C=O) groups is 1. The smallest absolute Gasteiger partial charge is 0.272 e. The molecule has 1 saturated heterocycles. The highest BCUT2D eigenvalue weighted by atomic mass is 19.1. The highest BCUT2D eigenvalue weighted by Crippen LogP contribution is 2.15. The van der Waals surface area contributed by atoms with Crippen molar-refractivity contribution >= 4 is 17.5 Å². The lowest BCUT2D eigenvalue weighted by Crippen LogP contribution is -2.49. The minimum absolute atomic E-state index is 0.117. The summed E-state index contributed by atoms with van der Waals surface area (Å²) in [6.45, 7) is 2.82. The standard InChI is InChI=1S/C21H21FN6O/c22-18-5-2-1-4-16(18)15-26-17-6-9-23-19(14-17)20(29)27-10-12-28(13-11-27)21-24-7-3-8-25-21/h1-9,14H,10-13,15H2,(H,23,26). The molecule has 1 aliphatic heterocycles. The Bertz CT molecular complexity index is 976. The van der Waals surface area contributed by atoms with Crippen LogP contribution in [-0.4, -0.2) is 51.9 Å². The van der Waals surface area contributed by atoms with Crippen molar-refractivity contribution in [3.05, 3.63) is 78.1 Å². The molecular formula is C21H21FN6O. The molecule has 0 aliphatic carbocycles. The molecule has 3 heterocycles. The average Bonchev–Trinajstić information content (AvgIpc) is 2.79. The van der Waals surface area contributed by atoms with E-state index in [4.69, 9.17) is 0 Å². The first kappa shape index (κ1) is 18.8. The minimum Gasteiger partial charge on any atom is -0.381 e. The predicted molar refractivity (Wildman–Crippen MR) is 108 cm³/mol. The Labute approximate surface area is 168 Å². The van der Waals surface area contributed by atoms with E-state index in [9.17, 15) is 9.18 Å². The molecule has 4 rings (SSSR count). The first-order valence-corrected chi connectivity index (χ1v) is 9.45. The molecule has 148 valence electrons.